The predicted molar refractivity (Wildman–Crippen MR) is 87.8 cm³/mol. The molecule has 0 saturated heterocycles. The van der Waals surface area contributed by atoms with Gasteiger partial charge in [0.25, 0.3) is 0 Å². The second kappa shape index (κ2) is 6.15. The summed E-state index contributed by atoms with van der Waals surface area (Å²) in [6.07, 6.45) is 6.90. The Morgan fingerprint density at radius 3 is 2.48 bits per heavy atom. The molecule has 3 rings (SSSR count). The van der Waals surface area contributed by atoms with Crippen LogP contribution in [0.4, 0.5) is 17.2 Å². The summed E-state index contributed by atoms with van der Waals surface area (Å²) in [6, 6.07) is 13.6. The molecule has 0 radical (unpaired) electrons. The van der Waals surface area contributed by atoms with Crippen molar-refractivity contribution in [2.75, 3.05) is 10.6 Å². The number of imidazole rings is 1. The third-order valence-corrected chi connectivity index (χ3v) is 3.13. The maximum atomic E-state index is 5.28. The van der Waals surface area contributed by atoms with Crippen molar-refractivity contribution in [1.82, 2.24) is 14.5 Å². The van der Waals surface area contributed by atoms with Crippen LogP contribution in [0.15, 0.2) is 67.4 Å². The van der Waals surface area contributed by atoms with E-state index in [4.69, 9.17) is 12.2 Å². The number of nitrogens with one attached hydrogen (secondary N) is 2. The van der Waals surface area contributed by atoms with Crippen molar-refractivity contribution < 1.29 is 0 Å². The molecule has 0 amide bonds. The molecule has 2 aromatic heterocycles. The minimum Gasteiger partial charge on any atom is -0.340 e. The molecule has 0 aliphatic rings. The Morgan fingerprint density at radius 2 is 1.81 bits per heavy atom. The quantitative estimate of drug-likeness (QED) is 0.726. The zero-order valence-electron chi connectivity index (χ0n) is 11.1. The number of pyridine rings is 1. The van der Waals surface area contributed by atoms with Crippen molar-refractivity contribution in [2.24, 2.45) is 0 Å². The summed E-state index contributed by atoms with van der Waals surface area (Å²) < 4.78 is 1.75. The SMILES string of the molecule is S=C(Nc1ccc(Nc2ccccn2)cc1)n1ccnc1. The topological polar surface area (TPSA) is 54.8 Å². The minimum atomic E-state index is 0.581. The molecular weight excluding hydrogens is 282 g/mol. The highest BCUT2D eigenvalue weighted by atomic mass is 32.1. The zero-order chi connectivity index (χ0) is 14.5. The number of nitrogens with zero attached hydrogens (tertiary/aromatic N) is 3. The lowest BCUT2D eigenvalue weighted by Gasteiger charge is -2.10. The van der Waals surface area contributed by atoms with Gasteiger partial charge in [-0.25, -0.2) is 9.97 Å². The van der Waals surface area contributed by atoms with Crippen molar-refractivity contribution >= 4 is 34.5 Å². The first-order chi connectivity index (χ1) is 10.3. The monoisotopic (exact) mass is 295 g/mol. The van der Waals surface area contributed by atoms with E-state index in [0.717, 1.165) is 17.2 Å². The third-order valence-electron chi connectivity index (χ3n) is 2.81. The van der Waals surface area contributed by atoms with Crippen LogP contribution >= 0.6 is 12.2 Å². The lowest BCUT2D eigenvalue weighted by molar-refractivity contribution is 1.15. The normalized spacial score (nSPS) is 10.1. The first kappa shape index (κ1) is 13.3. The molecule has 2 heterocycles. The smallest absolute Gasteiger partial charge is 0.182 e. The van der Waals surface area contributed by atoms with Crippen LogP contribution in [-0.2, 0) is 0 Å². The molecule has 0 unspecified atom stereocenters. The Kier molecular flexibility index (Phi) is 3.88. The number of benzene rings is 1. The van der Waals surface area contributed by atoms with Crippen LogP contribution in [0.3, 0.4) is 0 Å². The highest BCUT2D eigenvalue weighted by molar-refractivity contribution is 7.80. The van der Waals surface area contributed by atoms with Crippen LogP contribution in [-0.4, -0.2) is 19.6 Å². The van der Waals surface area contributed by atoms with E-state index in [0.29, 0.717) is 5.11 Å². The Balaban J connectivity index is 1.65. The molecule has 0 saturated carbocycles. The number of anilines is 3. The fourth-order valence-corrected chi connectivity index (χ4v) is 2.01. The lowest BCUT2D eigenvalue weighted by atomic mass is 10.3. The van der Waals surface area contributed by atoms with E-state index in [1.807, 2.05) is 42.5 Å². The number of rotatable bonds is 3. The fraction of sp³-hybridized carbons (Fsp3) is 0. The van der Waals surface area contributed by atoms with Gasteiger partial charge in [-0.3, -0.25) is 4.57 Å². The molecule has 0 bridgehead atoms. The van der Waals surface area contributed by atoms with E-state index in [2.05, 4.69) is 20.6 Å². The van der Waals surface area contributed by atoms with Gasteiger partial charge in [-0.2, -0.15) is 0 Å². The van der Waals surface area contributed by atoms with Gasteiger partial charge >= 0.3 is 0 Å². The number of hydrogen-bond acceptors (Lipinski definition) is 4. The molecule has 2 N–H and O–H groups in total. The van der Waals surface area contributed by atoms with Crippen molar-refractivity contribution in [1.29, 1.82) is 0 Å². The summed E-state index contributed by atoms with van der Waals surface area (Å²) in [4.78, 5) is 8.19. The van der Waals surface area contributed by atoms with Gasteiger partial charge in [-0.1, -0.05) is 6.07 Å². The van der Waals surface area contributed by atoms with E-state index in [1.165, 1.54) is 0 Å². The van der Waals surface area contributed by atoms with Gasteiger partial charge in [0.05, 0.1) is 0 Å². The maximum Gasteiger partial charge on any atom is 0.182 e. The van der Waals surface area contributed by atoms with Crippen LogP contribution in [0, 0.1) is 0 Å². The third kappa shape index (κ3) is 3.43. The lowest BCUT2D eigenvalue weighted by Crippen LogP contribution is -2.17. The minimum absolute atomic E-state index is 0.581. The first-order valence-electron chi connectivity index (χ1n) is 6.39. The van der Waals surface area contributed by atoms with Gasteiger partial charge in [-0.05, 0) is 48.6 Å². The van der Waals surface area contributed by atoms with Gasteiger partial charge in [0.1, 0.15) is 12.1 Å². The second-order valence-corrected chi connectivity index (χ2v) is 4.70. The molecule has 0 fully saturated rings. The molecule has 104 valence electrons. The van der Waals surface area contributed by atoms with E-state index >= 15 is 0 Å². The largest absolute Gasteiger partial charge is 0.340 e. The average molecular weight is 295 g/mol. The molecule has 1 aromatic carbocycles. The van der Waals surface area contributed by atoms with Gasteiger partial charge in [0.2, 0.25) is 0 Å². The second-order valence-electron chi connectivity index (χ2n) is 4.32. The number of hydrogen-bond donors (Lipinski definition) is 2. The molecule has 0 atom stereocenters. The van der Waals surface area contributed by atoms with Crippen LogP contribution in [0.1, 0.15) is 0 Å². The summed E-state index contributed by atoms with van der Waals surface area (Å²) in [5.74, 6) is 0.812. The predicted octanol–water partition coefficient (Wildman–Crippen LogP) is 3.27. The summed E-state index contributed by atoms with van der Waals surface area (Å²) in [5, 5.41) is 6.95. The van der Waals surface area contributed by atoms with E-state index in [1.54, 1.807) is 29.5 Å². The fourth-order valence-electron chi connectivity index (χ4n) is 1.79. The highest BCUT2D eigenvalue weighted by Crippen LogP contribution is 2.17. The maximum absolute atomic E-state index is 5.28. The average Bonchev–Trinajstić information content (AvgIpc) is 3.05. The summed E-state index contributed by atoms with van der Waals surface area (Å²) >= 11 is 5.28. The molecule has 0 aliphatic carbocycles. The zero-order valence-corrected chi connectivity index (χ0v) is 11.9. The number of aromatic nitrogens is 3. The standard InChI is InChI=1S/C15H13N5S/c21-15(20-10-9-16-11-20)19-13-6-4-12(5-7-13)18-14-3-1-2-8-17-14/h1-11H,(H,17,18)(H,19,21). The van der Waals surface area contributed by atoms with Crippen LogP contribution in [0.5, 0.6) is 0 Å². The Bertz CT molecular complexity index is 708. The molecule has 21 heavy (non-hydrogen) atoms. The summed E-state index contributed by atoms with van der Waals surface area (Å²) in [7, 11) is 0. The van der Waals surface area contributed by atoms with E-state index in [9.17, 15) is 0 Å². The Morgan fingerprint density at radius 1 is 1.00 bits per heavy atom. The molecule has 6 heteroatoms. The molecular formula is C15H13N5S. The van der Waals surface area contributed by atoms with Crippen molar-refractivity contribution in [3.05, 3.63) is 67.4 Å². The van der Waals surface area contributed by atoms with Gasteiger partial charge in [-0.15, -0.1) is 0 Å². The highest BCUT2D eigenvalue weighted by Gasteiger charge is 2.00. The summed E-state index contributed by atoms with van der Waals surface area (Å²) in [6.45, 7) is 0. The Labute approximate surface area is 127 Å². The van der Waals surface area contributed by atoms with Crippen LogP contribution in [0.25, 0.3) is 0 Å². The molecule has 3 aromatic rings. The van der Waals surface area contributed by atoms with Gasteiger partial charge < -0.3 is 10.6 Å². The molecule has 5 nitrogen and oxygen atoms in total. The van der Waals surface area contributed by atoms with Crippen LogP contribution < -0.4 is 10.6 Å². The molecule has 0 aliphatic heterocycles. The van der Waals surface area contributed by atoms with E-state index in [-0.39, 0.29) is 0 Å². The first-order valence-corrected chi connectivity index (χ1v) is 6.79. The van der Waals surface area contributed by atoms with Gasteiger partial charge in [0.15, 0.2) is 5.11 Å². The van der Waals surface area contributed by atoms with Crippen molar-refractivity contribution in [3.8, 4) is 0 Å². The van der Waals surface area contributed by atoms with Crippen molar-refractivity contribution in [2.45, 2.75) is 0 Å². The van der Waals surface area contributed by atoms with Crippen LogP contribution in [0.2, 0.25) is 0 Å². The number of thiocarbonyl (C=S) groups is 1. The van der Waals surface area contributed by atoms with Crippen molar-refractivity contribution in [3.63, 3.8) is 0 Å². The summed E-state index contributed by atoms with van der Waals surface area (Å²) in [5.41, 5.74) is 1.88. The van der Waals surface area contributed by atoms with E-state index < -0.39 is 0 Å². The van der Waals surface area contributed by atoms with Gasteiger partial charge in [0, 0.05) is 30.0 Å². The molecule has 0 spiro atoms. The Hall–Kier alpha value is -2.73.